The molecule has 0 fully saturated rings. The van der Waals surface area contributed by atoms with Crippen molar-refractivity contribution in [2.45, 2.75) is 19.8 Å². The number of benzene rings is 1. The lowest BCUT2D eigenvalue weighted by molar-refractivity contribution is 0.399. The van der Waals surface area contributed by atoms with Crippen LogP contribution in [0.2, 0.25) is 0 Å². The highest BCUT2D eigenvalue weighted by Crippen LogP contribution is 2.32. The monoisotopic (exact) mass is 195 g/mol. The fourth-order valence-electron chi connectivity index (χ4n) is 1.67. The molecule has 0 spiro atoms. The number of ether oxygens (including phenoxy) is 1. The summed E-state index contributed by atoms with van der Waals surface area (Å²) in [5, 5.41) is 9.39. The molecule has 1 aromatic rings. The normalized spacial score (nSPS) is 12.6. The molecule has 0 radical (unpaired) electrons. The smallest absolute Gasteiger partial charge is 0.126 e. The summed E-state index contributed by atoms with van der Waals surface area (Å²) in [5.74, 6) is 1.18. The van der Waals surface area contributed by atoms with Gasteiger partial charge >= 0.3 is 0 Å². The van der Waals surface area contributed by atoms with Gasteiger partial charge in [0.05, 0.1) is 7.11 Å². The van der Waals surface area contributed by atoms with Crippen LogP contribution >= 0.6 is 0 Å². The van der Waals surface area contributed by atoms with E-state index < -0.39 is 0 Å². The Bertz CT molecular complexity index is 323. The molecule has 0 saturated carbocycles. The quantitative estimate of drug-likeness (QED) is 0.772. The fraction of sp³-hybridized carbons (Fsp3) is 0.455. The largest absolute Gasteiger partial charge is 0.508 e. The zero-order valence-electron chi connectivity index (χ0n) is 8.87. The number of aryl methyl sites for hydroxylation is 1. The molecule has 1 aromatic carbocycles. The summed E-state index contributed by atoms with van der Waals surface area (Å²) in [5.41, 5.74) is 7.71. The lowest BCUT2D eigenvalue weighted by Crippen LogP contribution is -2.11. The molecule has 0 aliphatic heterocycles. The molecule has 3 N–H and O–H groups in total. The van der Waals surface area contributed by atoms with Gasteiger partial charge in [0.1, 0.15) is 11.5 Å². The molecule has 3 heteroatoms. The Morgan fingerprint density at radius 1 is 1.50 bits per heavy atom. The number of hydrogen-bond acceptors (Lipinski definition) is 3. The fourth-order valence-corrected chi connectivity index (χ4v) is 1.67. The van der Waals surface area contributed by atoms with Gasteiger partial charge in [0, 0.05) is 11.6 Å². The van der Waals surface area contributed by atoms with E-state index in [1.807, 2.05) is 13.8 Å². The Morgan fingerprint density at radius 3 is 2.64 bits per heavy atom. The van der Waals surface area contributed by atoms with Gasteiger partial charge in [-0.15, -0.1) is 0 Å². The first-order valence-electron chi connectivity index (χ1n) is 4.67. The number of methoxy groups -OCH3 is 1. The third-order valence-corrected chi connectivity index (χ3v) is 2.40. The Morgan fingerprint density at radius 2 is 2.14 bits per heavy atom. The Hall–Kier alpha value is -1.22. The molecular formula is C11H17NO2. The van der Waals surface area contributed by atoms with E-state index in [0.29, 0.717) is 12.3 Å². The highest BCUT2D eigenvalue weighted by atomic mass is 16.5. The molecule has 0 bridgehead atoms. The number of nitrogens with two attached hydrogens (primary N) is 1. The van der Waals surface area contributed by atoms with Crippen LogP contribution in [0.5, 0.6) is 11.5 Å². The molecule has 1 rings (SSSR count). The van der Waals surface area contributed by atoms with E-state index in [-0.39, 0.29) is 11.7 Å². The summed E-state index contributed by atoms with van der Waals surface area (Å²) in [6.45, 7) is 4.56. The maximum atomic E-state index is 9.39. The number of hydrogen-bond donors (Lipinski definition) is 2. The van der Waals surface area contributed by atoms with Gasteiger partial charge in [-0.1, -0.05) is 6.92 Å². The van der Waals surface area contributed by atoms with Crippen molar-refractivity contribution < 1.29 is 9.84 Å². The number of aromatic hydroxyl groups is 1. The molecule has 1 atom stereocenters. The van der Waals surface area contributed by atoms with Gasteiger partial charge in [0.25, 0.3) is 0 Å². The molecule has 0 aromatic heterocycles. The van der Waals surface area contributed by atoms with Gasteiger partial charge < -0.3 is 15.6 Å². The van der Waals surface area contributed by atoms with Crippen LogP contribution in [0.15, 0.2) is 12.1 Å². The van der Waals surface area contributed by atoms with Crippen molar-refractivity contribution in [3.8, 4) is 11.5 Å². The lowest BCUT2D eigenvalue weighted by Gasteiger charge is -2.17. The van der Waals surface area contributed by atoms with Crippen LogP contribution in [0.4, 0.5) is 0 Å². The molecule has 0 amide bonds. The average Bonchev–Trinajstić information content (AvgIpc) is 2.15. The van der Waals surface area contributed by atoms with Crippen molar-refractivity contribution in [1.29, 1.82) is 0 Å². The number of rotatable bonds is 3. The minimum absolute atomic E-state index is 0.229. The van der Waals surface area contributed by atoms with Gasteiger partial charge in [-0.2, -0.15) is 0 Å². The summed E-state index contributed by atoms with van der Waals surface area (Å²) >= 11 is 0. The van der Waals surface area contributed by atoms with Crippen LogP contribution in [-0.4, -0.2) is 18.8 Å². The van der Waals surface area contributed by atoms with Crippen LogP contribution < -0.4 is 10.5 Å². The summed E-state index contributed by atoms with van der Waals surface area (Å²) in [6.07, 6.45) is 0. The van der Waals surface area contributed by atoms with Crippen molar-refractivity contribution in [1.82, 2.24) is 0 Å². The maximum absolute atomic E-state index is 9.39. The second-order valence-electron chi connectivity index (χ2n) is 3.52. The molecule has 3 nitrogen and oxygen atoms in total. The summed E-state index contributed by atoms with van der Waals surface area (Å²) in [4.78, 5) is 0. The maximum Gasteiger partial charge on any atom is 0.126 e. The van der Waals surface area contributed by atoms with Crippen LogP contribution in [-0.2, 0) is 0 Å². The van der Waals surface area contributed by atoms with Crippen molar-refractivity contribution in [3.63, 3.8) is 0 Å². The minimum Gasteiger partial charge on any atom is -0.508 e. The average molecular weight is 195 g/mol. The number of phenolic OH excluding ortho intramolecular Hbond substituents is 1. The van der Waals surface area contributed by atoms with Crippen LogP contribution in [0, 0.1) is 6.92 Å². The number of phenols is 1. The van der Waals surface area contributed by atoms with Crippen LogP contribution in [0.3, 0.4) is 0 Å². The third kappa shape index (κ3) is 1.99. The molecule has 0 heterocycles. The van der Waals surface area contributed by atoms with E-state index in [0.717, 1.165) is 11.1 Å². The van der Waals surface area contributed by atoms with Gasteiger partial charge in [0.15, 0.2) is 0 Å². The van der Waals surface area contributed by atoms with E-state index in [1.54, 1.807) is 19.2 Å². The predicted molar refractivity (Wildman–Crippen MR) is 56.9 cm³/mol. The molecular weight excluding hydrogens is 178 g/mol. The van der Waals surface area contributed by atoms with Gasteiger partial charge in [-0.25, -0.2) is 0 Å². The van der Waals surface area contributed by atoms with Crippen LogP contribution in [0.1, 0.15) is 24.0 Å². The standard InChI is InChI=1S/C11H17NO2/c1-7-4-9(13)5-10(14-3)11(7)8(2)6-12/h4-5,8,13H,6,12H2,1-3H3. The lowest BCUT2D eigenvalue weighted by atomic mass is 9.95. The third-order valence-electron chi connectivity index (χ3n) is 2.40. The molecule has 1 unspecified atom stereocenters. The summed E-state index contributed by atoms with van der Waals surface area (Å²) in [7, 11) is 1.60. The zero-order chi connectivity index (χ0) is 10.7. The van der Waals surface area contributed by atoms with Crippen molar-refractivity contribution >= 4 is 0 Å². The molecule has 14 heavy (non-hydrogen) atoms. The predicted octanol–water partition coefficient (Wildman–Crippen LogP) is 1.77. The van der Waals surface area contributed by atoms with Gasteiger partial charge in [-0.05, 0) is 31.0 Å². The highest BCUT2D eigenvalue weighted by molar-refractivity contribution is 5.47. The minimum atomic E-state index is 0.229. The molecule has 0 aliphatic rings. The Kier molecular flexibility index (Phi) is 3.36. The first-order valence-corrected chi connectivity index (χ1v) is 4.67. The highest BCUT2D eigenvalue weighted by Gasteiger charge is 2.14. The summed E-state index contributed by atoms with van der Waals surface area (Å²) < 4.78 is 5.21. The van der Waals surface area contributed by atoms with E-state index in [4.69, 9.17) is 10.5 Å². The SMILES string of the molecule is COc1cc(O)cc(C)c1C(C)CN. The summed E-state index contributed by atoms with van der Waals surface area (Å²) in [6, 6.07) is 3.35. The van der Waals surface area contributed by atoms with Crippen molar-refractivity contribution in [2.24, 2.45) is 5.73 Å². The second-order valence-corrected chi connectivity index (χ2v) is 3.52. The first-order chi connectivity index (χ1) is 6.60. The van der Waals surface area contributed by atoms with E-state index in [2.05, 4.69) is 0 Å². The van der Waals surface area contributed by atoms with Gasteiger partial charge in [-0.3, -0.25) is 0 Å². The van der Waals surface area contributed by atoms with E-state index in [1.165, 1.54) is 0 Å². The van der Waals surface area contributed by atoms with Gasteiger partial charge in [0.2, 0.25) is 0 Å². The van der Waals surface area contributed by atoms with Crippen LogP contribution in [0.25, 0.3) is 0 Å². The Labute approximate surface area is 84.5 Å². The first kappa shape index (κ1) is 10.9. The van der Waals surface area contributed by atoms with E-state index in [9.17, 15) is 5.11 Å². The molecule has 0 saturated heterocycles. The topological polar surface area (TPSA) is 55.5 Å². The molecule has 78 valence electrons. The zero-order valence-corrected chi connectivity index (χ0v) is 8.87. The second kappa shape index (κ2) is 4.33. The van der Waals surface area contributed by atoms with Crippen molar-refractivity contribution in [3.05, 3.63) is 23.3 Å². The van der Waals surface area contributed by atoms with E-state index >= 15 is 0 Å². The molecule has 0 aliphatic carbocycles. The van der Waals surface area contributed by atoms with Crippen molar-refractivity contribution in [2.75, 3.05) is 13.7 Å². The Balaban J connectivity index is 3.24.